The molecule has 0 aromatic carbocycles. The van der Waals surface area contributed by atoms with Gasteiger partial charge in [0, 0.05) is 45.3 Å². The van der Waals surface area contributed by atoms with Crippen molar-refractivity contribution >= 4 is 11.8 Å². The molecule has 0 saturated carbocycles. The Balaban J connectivity index is 1.57. The van der Waals surface area contributed by atoms with Gasteiger partial charge in [0.05, 0.1) is 6.20 Å². The molecule has 1 spiro atoms. The second-order valence-corrected chi connectivity index (χ2v) is 8.62. The molecule has 2 fully saturated rings. The molecule has 27 heavy (non-hydrogen) atoms. The second kappa shape index (κ2) is 8.00. The Kier molecular flexibility index (Phi) is 5.89. The van der Waals surface area contributed by atoms with Crippen LogP contribution in [0.1, 0.15) is 44.2 Å². The fourth-order valence-corrected chi connectivity index (χ4v) is 4.26. The van der Waals surface area contributed by atoms with Gasteiger partial charge in [-0.05, 0) is 58.2 Å². The van der Waals surface area contributed by atoms with Crippen molar-refractivity contribution in [1.29, 1.82) is 0 Å². The number of likely N-dealkylation sites (tertiary alicyclic amines) is 2. The average Bonchev–Trinajstić information content (AvgIpc) is 3.08. The molecule has 3 heterocycles. The Morgan fingerprint density at radius 2 is 2.00 bits per heavy atom. The molecular formula is C20H33N5O2. The van der Waals surface area contributed by atoms with E-state index in [2.05, 4.69) is 10.00 Å². The third-order valence-electron chi connectivity index (χ3n) is 6.19. The van der Waals surface area contributed by atoms with Gasteiger partial charge in [0.2, 0.25) is 11.8 Å². The molecule has 0 radical (unpaired) electrons. The van der Waals surface area contributed by atoms with Gasteiger partial charge in [0.15, 0.2) is 0 Å². The highest BCUT2D eigenvalue weighted by atomic mass is 16.2. The molecule has 7 heteroatoms. The van der Waals surface area contributed by atoms with E-state index in [0.29, 0.717) is 6.42 Å². The first-order chi connectivity index (χ1) is 12.8. The van der Waals surface area contributed by atoms with Gasteiger partial charge in [-0.2, -0.15) is 5.10 Å². The number of aryl methyl sites for hydroxylation is 1. The Hall–Kier alpha value is -1.89. The first-order valence-electron chi connectivity index (χ1n) is 10.0. The summed E-state index contributed by atoms with van der Waals surface area (Å²) < 4.78 is 1.75. The van der Waals surface area contributed by atoms with E-state index in [1.165, 1.54) is 0 Å². The highest BCUT2D eigenvalue weighted by Crippen LogP contribution is 2.40. The van der Waals surface area contributed by atoms with Crippen molar-refractivity contribution in [3.8, 4) is 0 Å². The first-order valence-corrected chi connectivity index (χ1v) is 10.0. The molecule has 2 aliphatic heterocycles. The van der Waals surface area contributed by atoms with E-state index in [4.69, 9.17) is 0 Å². The van der Waals surface area contributed by atoms with E-state index in [1.807, 2.05) is 43.9 Å². The summed E-state index contributed by atoms with van der Waals surface area (Å²) in [5, 5.41) is 4.29. The zero-order valence-electron chi connectivity index (χ0n) is 17.1. The van der Waals surface area contributed by atoms with Crippen LogP contribution in [-0.2, 0) is 9.59 Å². The van der Waals surface area contributed by atoms with Gasteiger partial charge in [-0.15, -0.1) is 0 Å². The topological polar surface area (TPSA) is 61.7 Å². The lowest BCUT2D eigenvalue weighted by molar-refractivity contribution is -0.143. The lowest BCUT2D eigenvalue weighted by Gasteiger charge is -2.48. The standard InChI is InChI=1S/C20H33N5O2/c1-16-13-21-25(14-16)17(2)19(27)23-9-7-20(8-10-23)6-5-18(26)24(15-20)12-11-22(3)4/h13-14,17H,5-12,15H2,1-4H3. The number of rotatable bonds is 5. The lowest BCUT2D eigenvalue weighted by atomic mass is 9.72. The maximum atomic E-state index is 12.9. The number of piperidine rings is 2. The van der Waals surface area contributed by atoms with Crippen molar-refractivity contribution in [1.82, 2.24) is 24.5 Å². The van der Waals surface area contributed by atoms with E-state index in [1.54, 1.807) is 10.9 Å². The summed E-state index contributed by atoms with van der Waals surface area (Å²) >= 11 is 0. The van der Waals surface area contributed by atoms with Crippen molar-refractivity contribution in [3.63, 3.8) is 0 Å². The fraction of sp³-hybridized carbons (Fsp3) is 0.750. The van der Waals surface area contributed by atoms with Gasteiger partial charge < -0.3 is 14.7 Å². The van der Waals surface area contributed by atoms with Crippen LogP contribution in [0, 0.1) is 12.3 Å². The normalized spacial score (nSPS) is 21.1. The quantitative estimate of drug-likeness (QED) is 0.783. The third kappa shape index (κ3) is 4.51. The molecule has 150 valence electrons. The first kappa shape index (κ1) is 19.9. The van der Waals surface area contributed by atoms with Gasteiger partial charge in [0.25, 0.3) is 0 Å². The van der Waals surface area contributed by atoms with Crippen molar-refractivity contribution in [2.45, 2.75) is 45.6 Å². The van der Waals surface area contributed by atoms with Crippen LogP contribution >= 0.6 is 0 Å². The van der Waals surface area contributed by atoms with Crippen LogP contribution in [0.2, 0.25) is 0 Å². The molecule has 3 rings (SSSR count). The van der Waals surface area contributed by atoms with Crippen LogP contribution in [0.25, 0.3) is 0 Å². The Morgan fingerprint density at radius 1 is 1.30 bits per heavy atom. The summed E-state index contributed by atoms with van der Waals surface area (Å²) in [6.07, 6.45) is 7.27. The highest BCUT2D eigenvalue weighted by Gasteiger charge is 2.42. The number of carbonyl (C=O) groups is 2. The summed E-state index contributed by atoms with van der Waals surface area (Å²) in [7, 11) is 4.08. The SMILES string of the molecule is Cc1cnn(C(C)C(=O)N2CCC3(CCC(=O)N(CCN(C)C)C3)CC2)c1. The van der Waals surface area contributed by atoms with Crippen LogP contribution < -0.4 is 0 Å². The van der Waals surface area contributed by atoms with Gasteiger partial charge in [-0.3, -0.25) is 14.3 Å². The summed E-state index contributed by atoms with van der Waals surface area (Å²) in [5.41, 5.74) is 1.25. The molecule has 7 nitrogen and oxygen atoms in total. The van der Waals surface area contributed by atoms with Crippen molar-refractivity contribution in [3.05, 3.63) is 18.0 Å². The fourth-order valence-electron chi connectivity index (χ4n) is 4.26. The van der Waals surface area contributed by atoms with Gasteiger partial charge in [0.1, 0.15) is 6.04 Å². The second-order valence-electron chi connectivity index (χ2n) is 8.62. The largest absolute Gasteiger partial charge is 0.341 e. The minimum atomic E-state index is -0.266. The monoisotopic (exact) mass is 375 g/mol. The number of likely N-dealkylation sites (N-methyl/N-ethyl adjacent to an activating group) is 1. The van der Waals surface area contributed by atoms with E-state index >= 15 is 0 Å². The molecule has 0 bridgehead atoms. The molecule has 0 N–H and O–H groups in total. The number of amides is 2. The molecule has 0 aliphatic carbocycles. The van der Waals surface area contributed by atoms with Crippen LogP contribution in [0.5, 0.6) is 0 Å². The van der Waals surface area contributed by atoms with E-state index in [9.17, 15) is 9.59 Å². The number of aromatic nitrogens is 2. The maximum Gasteiger partial charge on any atom is 0.247 e. The average molecular weight is 376 g/mol. The van der Waals surface area contributed by atoms with Crippen LogP contribution in [0.3, 0.4) is 0 Å². The van der Waals surface area contributed by atoms with Gasteiger partial charge in [-0.25, -0.2) is 0 Å². The van der Waals surface area contributed by atoms with Gasteiger partial charge in [-0.1, -0.05) is 0 Å². The summed E-state index contributed by atoms with van der Waals surface area (Å²) in [6.45, 7) is 7.99. The number of carbonyl (C=O) groups excluding carboxylic acids is 2. The van der Waals surface area contributed by atoms with Gasteiger partial charge >= 0.3 is 0 Å². The van der Waals surface area contributed by atoms with Crippen LogP contribution in [-0.4, -0.2) is 83.1 Å². The predicted molar refractivity (Wildman–Crippen MR) is 104 cm³/mol. The van der Waals surface area contributed by atoms with E-state index in [0.717, 1.165) is 57.5 Å². The molecular weight excluding hydrogens is 342 g/mol. The Morgan fingerprint density at radius 3 is 2.59 bits per heavy atom. The highest BCUT2D eigenvalue weighted by molar-refractivity contribution is 5.80. The zero-order chi connectivity index (χ0) is 19.6. The minimum Gasteiger partial charge on any atom is -0.341 e. The number of hydrogen-bond acceptors (Lipinski definition) is 4. The minimum absolute atomic E-state index is 0.143. The molecule has 2 aliphatic rings. The predicted octanol–water partition coefficient (Wildman–Crippen LogP) is 1.55. The van der Waals surface area contributed by atoms with Crippen LogP contribution in [0.4, 0.5) is 0 Å². The molecule has 1 atom stereocenters. The molecule has 1 aromatic rings. The molecule has 2 saturated heterocycles. The van der Waals surface area contributed by atoms with Crippen LogP contribution in [0.15, 0.2) is 12.4 Å². The molecule has 1 unspecified atom stereocenters. The smallest absolute Gasteiger partial charge is 0.247 e. The number of hydrogen-bond donors (Lipinski definition) is 0. The summed E-state index contributed by atoms with van der Waals surface area (Å²) in [6, 6.07) is -0.266. The van der Waals surface area contributed by atoms with E-state index < -0.39 is 0 Å². The lowest BCUT2D eigenvalue weighted by Crippen LogP contribution is -2.53. The molecule has 2 amide bonds. The Labute approximate surface area is 162 Å². The Bertz CT molecular complexity index is 676. The molecule has 1 aromatic heterocycles. The zero-order valence-corrected chi connectivity index (χ0v) is 17.1. The summed E-state index contributed by atoms with van der Waals surface area (Å²) in [4.78, 5) is 31.3. The van der Waals surface area contributed by atoms with E-state index in [-0.39, 0.29) is 23.3 Å². The third-order valence-corrected chi connectivity index (χ3v) is 6.19. The van der Waals surface area contributed by atoms with Crippen molar-refractivity contribution in [2.75, 3.05) is 46.8 Å². The maximum absolute atomic E-state index is 12.9. The summed E-state index contributed by atoms with van der Waals surface area (Å²) in [5.74, 6) is 0.424. The van der Waals surface area contributed by atoms with Crippen molar-refractivity contribution in [2.24, 2.45) is 5.41 Å². The number of nitrogens with zero attached hydrogens (tertiary/aromatic N) is 5. The van der Waals surface area contributed by atoms with Crippen molar-refractivity contribution < 1.29 is 9.59 Å².